The van der Waals surface area contributed by atoms with Gasteiger partial charge in [-0.1, -0.05) is 18.6 Å². The van der Waals surface area contributed by atoms with Crippen LogP contribution in [0.5, 0.6) is 0 Å². The largest absolute Gasteiger partial charge is 0.388 e. The molecular formula is C13H18N4S. The fourth-order valence-corrected chi connectivity index (χ4v) is 3.54. The van der Waals surface area contributed by atoms with Gasteiger partial charge in [0.2, 0.25) is 5.95 Å². The third kappa shape index (κ3) is 2.32. The Morgan fingerprint density at radius 2 is 2.33 bits per heavy atom. The van der Waals surface area contributed by atoms with Crippen LogP contribution in [-0.2, 0) is 0 Å². The Labute approximate surface area is 112 Å². The van der Waals surface area contributed by atoms with Gasteiger partial charge in [-0.25, -0.2) is 9.97 Å². The third-order valence-electron chi connectivity index (χ3n) is 4.31. The molecule has 0 saturated heterocycles. The summed E-state index contributed by atoms with van der Waals surface area (Å²) in [6, 6.07) is 1.74. The predicted molar refractivity (Wildman–Crippen MR) is 75.3 cm³/mol. The van der Waals surface area contributed by atoms with Crippen molar-refractivity contribution < 1.29 is 0 Å². The molecule has 0 amide bonds. The molecule has 0 aliphatic heterocycles. The molecule has 4 nitrogen and oxygen atoms in total. The van der Waals surface area contributed by atoms with Crippen molar-refractivity contribution in [1.29, 1.82) is 0 Å². The summed E-state index contributed by atoms with van der Waals surface area (Å²) in [6.45, 7) is 0.974. The van der Waals surface area contributed by atoms with Crippen molar-refractivity contribution in [3.63, 3.8) is 0 Å². The molecule has 1 aromatic heterocycles. The number of thiocarbonyl (C=S) groups is 1. The molecule has 0 spiro atoms. The van der Waals surface area contributed by atoms with Gasteiger partial charge in [-0.3, -0.25) is 0 Å². The number of nitrogens with one attached hydrogen (secondary N) is 1. The van der Waals surface area contributed by atoms with Gasteiger partial charge in [0.05, 0.1) is 0 Å². The van der Waals surface area contributed by atoms with Crippen molar-refractivity contribution in [1.82, 2.24) is 9.97 Å². The van der Waals surface area contributed by atoms with Crippen LogP contribution in [0.25, 0.3) is 0 Å². The number of nitrogens with two attached hydrogens (primary N) is 1. The molecule has 2 saturated carbocycles. The summed E-state index contributed by atoms with van der Waals surface area (Å²) in [6.07, 6.45) is 7.34. The van der Waals surface area contributed by atoms with Crippen molar-refractivity contribution in [3.05, 3.63) is 18.0 Å². The average Bonchev–Trinajstić information content (AvgIpc) is 2.99. The number of fused-ring (bicyclic) bond motifs is 2. The maximum Gasteiger partial charge on any atom is 0.223 e. The zero-order chi connectivity index (χ0) is 12.5. The van der Waals surface area contributed by atoms with Crippen LogP contribution < -0.4 is 11.1 Å². The van der Waals surface area contributed by atoms with E-state index in [9.17, 15) is 0 Å². The van der Waals surface area contributed by atoms with Gasteiger partial charge in [-0.05, 0) is 43.1 Å². The van der Waals surface area contributed by atoms with Gasteiger partial charge >= 0.3 is 0 Å². The molecule has 1 heterocycles. The highest BCUT2D eigenvalue weighted by Gasteiger charge is 2.39. The van der Waals surface area contributed by atoms with E-state index >= 15 is 0 Å². The standard InChI is InChI=1S/C13H18N4S/c14-12(18)11-3-4-15-13(17-11)16-7-10-6-8-1-2-9(10)5-8/h3-4,8-10H,1-2,5-7H2,(H2,14,18)(H,15,16,17). The first-order valence-electron chi connectivity index (χ1n) is 6.59. The molecule has 3 rings (SSSR count). The van der Waals surface area contributed by atoms with Gasteiger partial charge in [0, 0.05) is 12.7 Å². The van der Waals surface area contributed by atoms with Crippen LogP contribution in [0.4, 0.5) is 5.95 Å². The van der Waals surface area contributed by atoms with Crippen LogP contribution in [0.1, 0.15) is 31.4 Å². The molecule has 96 valence electrons. The first-order chi connectivity index (χ1) is 8.72. The summed E-state index contributed by atoms with van der Waals surface area (Å²) in [5, 5.41) is 3.33. The third-order valence-corrected chi connectivity index (χ3v) is 4.52. The molecule has 5 heteroatoms. The molecule has 2 bridgehead atoms. The molecule has 0 radical (unpaired) electrons. The van der Waals surface area contributed by atoms with E-state index in [2.05, 4.69) is 15.3 Å². The van der Waals surface area contributed by atoms with Crippen LogP contribution in [0.15, 0.2) is 12.3 Å². The molecule has 2 aliphatic rings. The lowest BCUT2D eigenvalue weighted by Gasteiger charge is -2.21. The van der Waals surface area contributed by atoms with Gasteiger partial charge in [0.25, 0.3) is 0 Å². The molecule has 3 atom stereocenters. The average molecular weight is 262 g/mol. The minimum Gasteiger partial charge on any atom is -0.388 e. The molecule has 3 unspecified atom stereocenters. The number of anilines is 1. The van der Waals surface area contributed by atoms with Crippen molar-refractivity contribution in [2.24, 2.45) is 23.5 Å². The van der Waals surface area contributed by atoms with Gasteiger partial charge in [0.15, 0.2) is 0 Å². The van der Waals surface area contributed by atoms with Crippen molar-refractivity contribution in [3.8, 4) is 0 Å². The number of rotatable bonds is 4. The zero-order valence-corrected chi connectivity index (χ0v) is 11.1. The second-order valence-corrected chi connectivity index (χ2v) is 5.89. The molecule has 2 fully saturated rings. The highest BCUT2D eigenvalue weighted by Crippen LogP contribution is 2.48. The number of nitrogens with zero attached hydrogens (tertiary/aromatic N) is 2. The fraction of sp³-hybridized carbons (Fsp3) is 0.615. The van der Waals surface area contributed by atoms with E-state index < -0.39 is 0 Å². The minimum absolute atomic E-state index is 0.320. The van der Waals surface area contributed by atoms with E-state index in [-0.39, 0.29) is 0 Å². The van der Waals surface area contributed by atoms with E-state index in [0.29, 0.717) is 16.6 Å². The quantitative estimate of drug-likeness (QED) is 0.812. The normalized spacial score (nSPS) is 29.4. The lowest BCUT2D eigenvalue weighted by Crippen LogP contribution is -2.21. The van der Waals surface area contributed by atoms with Crippen LogP contribution in [0, 0.1) is 17.8 Å². The second-order valence-electron chi connectivity index (χ2n) is 5.45. The zero-order valence-electron chi connectivity index (χ0n) is 10.3. The monoisotopic (exact) mass is 262 g/mol. The predicted octanol–water partition coefficient (Wildman–Crippen LogP) is 1.96. The van der Waals surface area contributed by atoms with Crippen LogP contribution in [0.2, 0.25) is 0 Å². The Morgan fingerprint density at radius 1 is 1.44 bits per heavy atom. The minimum atomic E-state index is 0.320. The molecule has 0 aromatic carbocycles. The summed E-state index contributed by atoms with van der Waals surface area (Å²) < 4.78 is 0. The highest BCUT2D eigenvalue weighted by atomic mass is 32.1. The molecule has 3 N–H and O–H groups in total. The fourth-order valence-electron chi connectivity index (χ4n) is 3.43. The Balaban J connectivity index is 1.60. The van der Waals surface area contributed by atoms with Crippen LogP contribution in [-0.4, -0.2) is 21.5 Å². The van der Waals surface area contributed by atoms with Gasteiger partial charge in [-0.2, -0.15) is 0 Å². The van der Waals surface area contributed by atoms with E-state index in [1.165, 1.54) is 25.7 Å². The summed E-state index contributed by atoms with van der Waals surface area (Å²) in [4.78, 5) is 8.83. The van der Waals surface area contributed by atoms with Gasteiger partial charge in [0.1, 0.15) is 10.7 Å². The SMILES string of the molecule is NC(=S)c1ccnc(NCC2CC3CCC2C3)n1. The summed E-state index contributed by atoms with van der Waals surface area (Å²) in [5.74, 6) is 3.33. The Kier molecular flexibility index (Phi) is 3.16. The first kappa shape index (κ1) is 11.8. The van der Waals surface area contributed by atoms with Crippen molar-refractivity contribution in [2.75, 3.05) is 11.9 Å². The molecule has 18 heavy (non-hydrogen) atoms. The smallest absolute Gasteiger partial charge is 0.223 e. The number of hydrogen-bond donors (Lipinski definition) is 2. The summed E-state index contributed by atoms with van der Waals surface area (Å²) in [5.41, 5.74) is 6.20. The second kappa shape index (κ2) is 4.80. The van der Waals surface area contributed by atoms with E-state index in [1.54, 1.807) is 12.3 Å². The summed E-state index contributed by atoms with van der Waals surface area (Å²) in [7, 11) is 0. The molecule has 2 aliphatic carbocycles. The van der Waals surface area contributed by atoms with Crippen molar-refractivity contribution >= 4 is 23.2 Å². The van der Waals surface area contributed by atoms with E-state index in [1.807, 2.05) is 0 Å². The van der Waals surface area contributed by atoms with E-state index in [0.717, 1.165) is 24.3 Å². The highest BCUT2D eigenvalue weighted by molar-refractivity contribution is 7.80. The topological polar surface area (TPSA) is 63.8 Å². The maximum absolute atomic E-state index is 5.56. The molecular weight excluding hydrogens is 244 g/mol. The van der Waals surface area contributed by atoms with Gasteiger partial charge in [-0.15, -0.1) is 0 Å². The lowest BCUT2D eigenvalue weighted by molar-refractivity contribution is 0.348. The lowest BCUT2D eigenvalue weighted by atomic mass is 9.89. The molecule has 1 aromatic rings. The van der Waals surface area contributed by atoms with E-state index in [4.69, 9.17) is 18.0 Å². The Morgan fingerprint density at radius 3 is 3.00 bits per heavy atom. The number of aromatic nitrogens is 2. The van der Waals surface area contributed by atoms with Crippen LogP contribution in [0.3, 0.4) is 0 Å². The van der Waals surface area contributed by atoms with Crippen molar-refractivity contribution in [2.45, 2.75) is 25.7 Å². The first-order valence-corrected chi connectivity index (χ1v) is 7.00. The Bertz CT molecular complexity index is 462. The Hall–Kier alpha value is -1.23. The summed E-state index contributed by atoms with van der Waals surface area (Å²) >= 11 is 4.92. The maximum atomic E-state index is 5.56. The van der Waals surface area contributed by atoms with Gasteiger partial charge < -0.3 is 11.1 Å². The number of hydrogen-bond acceptors (Lipinski definition) is 4. The van der Waals surface area contributed by atoms with Crippen LogP contribution >= 0.6 is 12.2 Å².